The van der Waals surface area contributed by atoms with E-state index in [1.165, 1.54) is 0 Å². The second kappa shape index (κ2) is 7.95. The van der Waals surface area contributed by atoms with Crippen LogP contribution >= 0.6 is 0 Å². The van der Waals surface area contributed by atoms with Gasteiger partial charge in [0.2, 0.25) is 0 Å². The predicted molar refractivity (Wildman–Crippen MR) is 78.3 cm³/mol. The average molecular weight is 319 g/mol. The van der Waals surface area contributed by atoms with Crippen molar-refractivity contribution >= 4 is 18.0 Å². The largest absolute Gasteiger partial charge is 0.473 e. The lowest BCUT2D eigenvalue weighted by molar-refractivity contribution is -0.159. The highest BCUT2D eigenvalue weighted by Gasteiger charge is 2.32. The molecule has 128 valence electrons. The van der Waals surface area contributed by atoms with Gasteiger partial charge in [-0.3, -0.25) is 0 Å². The van der Waals surface area contributed by atoms with E-state index in [2.05, 4.69) is 0 Å². The first-order chi connectivity index (χ1) is 9.90. The van der Waals surface area contributed by atoms with Crippen LogP contribution in [0.4, 0.5) is 4.79 Å². The lowest BCUT2D eigenvalue weighted by Gasteiger charge is -2.38. The van der Waals surface area contributed by atoms with E-state index < -0.39 is 17.5 Å². The molecule has 0 unspecified atom stereocenters. The summed E-state index contributed by atoms with van der Waals surface area (Å²) < 4.78 is 5.29. The first-order valence-electron chi connectivity index (χ1n) is 6.83. The number of amides is 1. The van der Waals surface area contributed by atoms with Crippen LogP contribution in [0.5, 0.6) is 0 Å². The maximum atomic E-state index is 11.7. The standard InChI is InChI=1S/C11H23N3O2.C2H2O4/c1-10(2,3)16-9(15)14-6-4-11(13,8-12)5-7-14;3-1(4)2(5)6/h4-8,12-13H2,1-3H3;(H,3,4)(H,5,6). The van der Waals surface area contributed by atoms with Gasteiger partial charge in [0, 0.05) is 25.2 Å². The van der Waals surface area contributed by atoms with Crippen LogP contribution in [0, 0.1) is 0 Å². The Hall–Kier alpha value is -1.87. The summed E-state index contributed by atoms with van der Waals surface area (Å²) in [6.07, 6.45) is 1.22. The zero-order chi connectivity index (χ0) is 17.6. The molecule has 0 aromatic carbocycles. The van der Waals surface area contributed by atoms with Crippen molar-refractivity contribution in [3.8, 4) is 0 Å². The predicted octanol–water partition coefficient (Wildman–Crippen LogP) is -0.171. The molecule has 0 spiro atoms. The highest BCUT2D eigenvalue weighted by molar-refractivity contribution is 6.27. The summed E-state index contributed by atoms with van der Waals surface area (Å²) in [5.74, 6) is -3.65. The summed E-state index contributed by atoms with van der Waals surface area (Å²) in [6, 6.07) is 0. The zero-order valence-corrected chi connectivity index (χ0v) is 13.2. The molecule has 0 aromatic heterocycles. The molecule has 1 rings (SSSR count). The maximum Gasteiger partial charge on any atom is 0.414 e. The first-order valence-corrected chi connectivity index (χ1v) is 6.83. The molecule has 1 aliphatic heterocycles. The van der Waals surface area contributed by atoms with Crippen molar-refractivity contribution in [1.82, 2.24) is 4.90 Å². The van der Waals surface area contributed by atoms with Crippen LogP contribution in [0.1, 0.15) is 33.6 Å². The number of nitrogens with two attached hydrogens (primary N) is 2. The van der Waals surface area contributed by atoms with Crippen molar-refractivity contribution in [3.05, 3.63) is 0 Å². The smallest absolute Gasteiger partial charge is 0.414 e. The lowest BCUT2D eigenvalue weighted by atomic mass is 9.89. The third kappa shape index (κ3) is 7.79. The zero-order valence-electron chi connectivity index (χ0n) is 13.2. The van der Waals surface area contributed by atoms with Crippen molar-refractivity contribution in [3.63, 3.8) is 0 Å². The Kier molecular flexibility index (Phi) is 7.27. The summed E-state index contributed by atoms with van der Waals surface area (Å²) in [7, 11) is 0. The van der Waals surface area contributed by atoms with Crippen LogP contribution in [0.25, 0.3) is 0 Å². The second-order valence-corrected chi connectivity index (χ2v) is 6.14. The van der Waals surface area contributed by atoms with Gasteiger partial charge in [-0.05, 0) is 33.6 Å². The van der Waals surface area contributed by atoms with Gasteiger partial charge in [0.05, 0.1) is 0 Å². The van der Waals surface area contributed by atoms with Gasteiger partial charge in [-0.15, -0.1) is 0 Å². The number of hydrogen-bond donors (Lipinski definition) is 4. The van der Waals surface area contributed by atoms with E-state index in [-0.39, 0.29) is 11.6 Å². The Morgan fingerprint density at radius 1 is 1.14 bits per heavy atom. The lowest BCUT2D eigenvalue weighted by Crippen LogP contribution is -2.56. The van der Waals surface area contributed by atoms with Gasteiger partial charge in [0.15, 0.2) is 0 Å². The topological polar surface area (TPSA) is 156 Å². The van der Waals surface area contributed by atoms with Crippen molar-refractivity contribution in [1.29, 1.82) is 0 Å². The molecule has 1 amide bonds. The number of rotatable bonds is 1. The highest BCUT2D eigenvalue weighted by Crippen LogP contribution is 2.20. The number of aliphatic carboxylic acids is 2. The number of carbonyl (C=O) groups excluding carboxylic acids is 1. The Morgan fingerprint density at radius 3 is 1.82 bits per heavy atom. The van der Waals surface area contributed by atoms with Gasteiger partial charge in [0.25, 0.3) is 0 Å². The van der Waals surface area contributed by atoms with E-state index in [4.69, 9.17) is 36.0 Å². The molecular formula is C13H25N3O6. The molecule has 0 radical (unpaired) electrons. The van der Waals surface area contributed by atoms with E-state index >= 15 is 0 Å². The summed E-state index contributed by atoms with van der Waals surface area (Å²) in [5, 5.41) is 14.8. The number of ether oxygens (including phenoxy) is 1. The summed E-state index contributed by atoms with van der Waals surface area (Å²) >= 11 is 0. The quantitative estimate of drug-likeness (QED) is 0.485. The number of likely N-dealkylation sites (tertiary alicyclic amines) is 1. The van der Waals surface area contributed by atoms with Crippen LogP contribution in [-0.2, 0) is 14.3 Å². The van der Waals surface area contributed by atoms with E-state index in [1.54, 1.807) is 4.90 Å². The molecule has 0 bridgehead atoms. The Balaban J connectivity index is 0.000000626. The minimum absolute atomic E-state index is 0.258. The second-order valence-electron chi connectivity index (χ2n) is 6.14. The Labute approximate surface area is 129 Å². The molecule has 0 atom stereocenters. The SMILES string of the molecule is CC(C)(C)OC(=O)N1CCC(N)(CN)CC1.O=C(O)C(=O)O. The molecule has 1 fully saturated rings. The molecule has 0 aliphatic carbocycles. The number of carboxylic acid groups (broad SMARTS) is 2. The molecule has 9 nitrogen and oxygen atoms in total. The monoisotopic (exact) mass is 319 g/mol. The molecule has 1 aliphatic rings. The van der Waals surface area contributed by atoms with Crippen LogP contribution in [0.2, 0.25) is 0 Å². The minimum atomic E-state index is -1.82. The highest BCUT2D eigenvalue weighted by atomic mass is 16.6. The maximum absolute atomic E-state index is 11.7. The minimum Gasteiger partial charge on any atom is -0.473 e. The number of nitrogens with zero attached hydrogens (tertiary/aromatic N) is 1. The third-order valence-corrected chi connectivity index (χ3v) is 3.00. The Morgan fingerprint density at radius 2 is 1.55 bits per heavy atom. The van der Waals surface area contributed by atoms with Gasteiger partial charge >= 0.3 is 18.0 Å². The fourth-order valence-electron chi connectivity index (χ4n) is 1.67. The van der Waals surface area contributed by atoms with Crippen molar-refractivity contribution in [2.75, 3.05) is 19.6 Å². The number of carboxylic acids is 2. The van der Waals surface area contributed by atoms with E-state index in [9.17, 15) is 4.79 Å². The molecule has 1 heterocycles. The number of carbonyl (C=O) groups is 3. The first kappa shape index (κ1) is 20.1. The van der Waals surface area contributed by atoms with E-state index in [0.717, 1.165) is 12.8 Å². The Bertz CT molecular complexity index is 398. The van der Waals surface area contributed by atoms with Crippen molar-refractivity contribution in [2.24, 2.45) is 11.5 Å². The van der Waals surface area contributed by atoms with Crippen molar-refractivity contribution < 1.29 is 29.3 Å². The van der Waals surface area contributed by atoms with Gasteiger partial charge in [0.1, 0.15) is 5.60 Å². The van der Waals surface area contributed by atoms with Gasteiger partial charge in [-0.1, -0.05) is 0 Å². The van der Waals surface area contributed by atoms with Crippen LogP contribution in [-0.4, -0.2) is 63.9 Å². The fraction of sp³-hybridized carbons (Fsp3) is 0.769. The molecule has 22 heavy (non-hydrogen) atoms. The van der Waals surface area contributed by atoms with Crippen molar-refractivity contribution in [2.45, 2.75) is 44.8 Å². The van der Waals surface area contributed by atoms with Crippen LogP contribution in [0.3, 0.4) is 0 Å². The van der Waals surface area contributed by atoms with Gasteiger partial charge < -0.3 is 31.3 Å². The molecule has 9 heteroatoms. The van der Waals surface area contributed by atoms with E-state index in [1.807, 2.05) is 20.8 Å². The fourth-order valence-corrected chi connectivity index (χ4v) is 1.67. The number of piperidine rings is 1. The summed E-state index contributed by atoms with van der Waals surface area (Å²) in [5.41, 5.74) is 10.9. The van der Waals surface area contributed by atoms with Gasteiger partial charge in [-0.2, -0.15) is 0 Å². The molecular weight excluding hydrogens is 294 g/mol. The average Bonchev–Trinajstić information content (AvgIpc) is 2.38. The van der Waals surface area contributed by atoms with Gasteiger partial charge in [-0.25, -0.2) is 14.4 Å². The normalized spacial score (nSPS) is 17.0. The molecule has 6 N–H and O–H groups in total. The summed E-state index contributed by atoms with van der Waals surface area (Å²) in [6.45, 7) is 7.31. The molecule has 1 saturated heterocycles. The summed E-state index contributed by atoms with van der Waals surface area (Å²) in [4.78, 5) is 31.6. The van der Waals surface area contributed by atoms with Crippen LogP contribution in [0.15, 0.2) is 0 Å². The van der Waals surface area contributed by atoms with Crippen LogP contribution < -0.4 is 11.5 Å². The molecule has 0 saturated carbocycles. The molecule has 0 aromatic rings. The third-order valence-electron chi connectivity index (χ3n) is 3.00. The van der Waals surface area contributed by atoms with E-state index in [0.29, 0.717) is 19.6 Å². The number of hydrogen-bond acceptors (Lipinski definition) is 6.